The van der Waals surface area contributed by atoms with Gasteiger partial charge in [0.05, 0.1) is 12.6 Å². The molecule has 1 saturated carbocycles. The number of halogens is 3. The maximum absolute atomic E-state index is 12.4. The molecule has 3 nitrogen and oxygen atoms in total. The summed E-state index contributed by atoms with van der Waals surface area (Å²) in [6, 6.07) is 2.32. The van der Waals surface area contributed by atoms with Gasteiger partial charge in [-0.05, 0) is 45.7 Å². The lowest BCUT2D eigenvalue weighted by molar-refractivity contribution is -0.147. The van der Waals surface area contributed by atoms with Gasteiger partial charge >= 0.3 is 6.18 Å². The highest BCUT2D eigenvalue weighted by molar-refractivity contribution is 5.05. The minimum atomic E-state index is -4.14. The van der Waals surface area contributed by atoms with E-state index in [1.165, 1.54) is 4.90 Å². The Morgan fingerprint density at radius 3 is 2.37 bits per heavy atom. The number of nitrogens with one attached hydrogen (secondary N) is 1. The second-order valence-corrected chi connectivity index (χ2v) is 5.22. The molecular weight excluding hydrogens is 255 g/mol. The SMILES string of the molecule is CCC(C#N)(CCCN(CC(F)(F)F)C1CC1)NC. The molecule has 0 aliphatic heterocycles. The molecule has 19 heavy (non-hydrogen) atoms. The summed E-state index contributed by atoms with van der Waals surface area (Å²) in [5.41, 5.74) is -0.604. The summed E-state index contributed by atoms with van der Waals surface area (Å²) in [5, 5.41) is 12.1. The highest BCUT2D eigenvalue weighted by Crippen LogP contribution is 2.30. The quantitative estimate of drug-likeness (QED) is 0.741. The first-order chi connectivity index (χ1) is 8.86. The van der Waals surface area contributed by atoms with Crippen LogP contribution in [0.1, 0.15) is 39.0 Å². The van der Waals surface area contributed by atoms with Crippen LogP contribution in [0.15, 0.2) is 0 Å². The van der Waals surface area contributed by atoms with E-state index in [1.807, 2.05) is 6.92 Å². The van der Waals surface area contributed by atoms with Crippen molar-refractivity contribution in [2.24, 2.45) is 0 Å². The van der Waals surface area contributed by atoms with Gasteiger partial charge in [0.2, 0.25) is 0 Å². The van der Waals surface area contributed by atoms with Crippen LogP contribution in [0.5, 0.6) is 0 Å². The molecule has 1 atom stereocenters. The van der Waals surface area contributed by atoms with Gasteiger partial charge in [0.1, 0.15) is 5.54 Å². The second kappa shape index (κ2) is 6.58. The zero-order chi connectivity index (χ0) is 14.5. The largest absolute Gasteiger partial charge is 0.401 e. The third-order valence-corrected chi connectivity index (χ3v) is 3.79. The summed E-state index contributed by atoms with van der Waals surface area (Å²) >= 11 is 0. The molecule has 1 fully saturated rings. The monoisotopic (exact) mass is 277 g/mol. The van der Waals surface area contributed by atoms with Crippen LogP contribution in [-0.4, -0.2) is 42.8 Å². The van der Waals surface area contributed by atoms with Crippen LogP contribution in [0.2, 0.25) is 0 Å². The Bertz CT molecular complexity index is 314. The van der Waals surface area contributed by atoms with Crippen molar-refractivity contribution in [3.63, 3.8) is 0 Å². The van der Waals surface area contributed by atoms with E-state index in [2.05, 4.69) is 11.4 Å². The first-order valence-corrected chi connectivity index (χ1v) is 6.77. The van der Waals surface area contributed by atoms with Crippen molar-refractivity contribution in [1.82, 2.24) is 10.2 Å². The van der Waals surface area contributed by atoms with Crippen molar-refractivity contribution in [3.05, 3.63) is 0 Å². The standard InChI is InChI=1S/C13H22F3N3/c1-3-12(9-17,18-2)7-4-8-19(11-5-6-11)10-13(14,15)16/h11,18H,3-8,10H2,1-2H3. The van der Waals surface area contributed by atoms with Crippen molar-refractivity contribution in [1.29, 1.82) is 5.26 Å². The number of hydrogen-bond donors (Lipinski definition) is 1. The van der Waals surface area contributed by atoms with Gasteiger partial charge in [0.15, 0.2) is 0 Å². The molecule has 1 unspecified atom stereocenters. The molecule has 0 saturated heterocycles. The van der Waals surface area contributed by atoms with Crippen LogP contribution < -0.4 is 5.32 Å². The maximum atomic E-state index is 12.4. The average Bonchev–Trinajstić information content (AvgIpc) is 3.16. The first-order valence-electron chi connectivity index (χ1n) is 6.77. The summed E-state index contributed by atoms with van der Waals surface area (Å²) in [7, 11) is 1.72. The molecule has 1 aliphatic rings. The molecule has 0 heterocycles. The molecule has 0 radical (unpaired) electrons. The van der Waals surface area contributed by atoms with Crippen molar-refractivity contribution in [2.45, 2.75) is 56.8 Å². The van der Waals surface area contributed by atoms with Crippen molar-refractivity contribution < 1.29 is 13.2 Å². The van der Waals surface area contributed by atoms with E-state index in [9.17, 15) is 13.2 Å². The Balaban J connectivity index is 2.42. The van der Waals surface area contributed by atoms with Gasteiger partial charge in [-0.2, -0.15) is 18.4 Å². The van der Waals surface area contributed by atoms with Gasteiger partial charge < -0.3 is 5.32 Å². The van der Waals surface area contributed by atoms with E-state index in [1.54, 1.807) is 7.05 Å². The van der Waals surface area contributed by atoms with E-state index in [0.717, 1.165) is 12.8 Å². The number of nitriles is 1. The normalized spacial score (nSPS) is 19.2. The second-order valence-electron chi connectivity index (χ2n) is 5.22. The van der Waals surface area contributed by atoms with Crippen LogP contribution in [-0.2, 0) is 0 Å². The molecule has 1 aliphatic carbocycles. The molecular formula is C13H22F3N3. The Morgan fingerprint density at radius 2 is 2.00 bits per heavy atom. The Labute approximate surface area is 112 Å². The highest BCUT2D eigenvalue weighted by atomic mass is 19.4. The minimum absolute atomic E-state index is 0.0920. The molecule has 1 N–H and O–H groups in total. The van der Waals surface area contributed by atoms with Gasteiger partial charge in [-0.15, -0.1) is 0 Å². The fraction of sp³-hybridized carbons (Fsp3) is 0.923. The third kappa shape index (κ3) is 5.37. The van der Waals surface area contributed by atoms with Crippen LogP contribution in [0.4, 0.5) is 13.2 Å². The number of alkyl halides is 3. The predicted molar refractivity (Wildman–Crippen MR) is 67.6 cm³/mol. The molecule has 0 spiro atoms. The molecule has 0 aromatic rings. The number of hydrogen-bond acceptors (Lipinski definition) is 3. The van der Waals surface area contributed by atoms with E-state index < -0.39 is 18.3 Å². The van der Waals surface area contributed by atoms with Crippen molar-refractivity contribution in [2.75, 3.05) is 20.1 Å². The lowest BCUT2D eigenvalue weighted by Gasteiger charge is -2.27. The molecule has 0 amide bonds. The van der Waals surface area contributed by atoms with Gasteiger partial charge in [0.25, 0.3) is 0 Å². The Morgan fingerprint density at radius 1 is 1.37 bits per heavy atom. The minimum Gasteiger partial charge on any atom is -0.302 e. The van der Waals surface area contributed by atoms with Gasteiger partial charge in [-0.3, -0.25) is 4.90 Å². The van der Waals surface area contributed by atoms with Crippen LogP contribution in [0.25, 0.3) is 0 Å². The highest BCUT2D eigenvalue weighted by Gasteiger charge is 2.38. The van der Waals surface area contributed by atoms with Gasteiger partial charge in [-0.1, -0.05) is 6.92 Å². The predicted octanol–water partition coefficient (Wildman–Crippen LogP) is 2.69. The fourth-order valence-electron chi connectivity index (χ4n) is 2.31. The molecule has 0 aromatic heterocycles. The zero-order valence-electron chi connectivity index (χ0n) is 11.6. The van der Waals surface area contributed by atoms with Crippen LogP contribution in [0, 0.1) is 11.3 Å². The summed E-state index contributed by atoms with van der Waals surface area (Å²) in [5.74, 6) is 0. The summed E-state index contributed by atoms with van der Waals surface area (Å²) in [4.78, 5) is 1.51. The van der Waals surface area contributed by atoms with E-state index in [0.29, 0.717) is 25.8 Å². The maximum Gasteiger partial charge on any atom is 0.401 e. The van der Waals surface area contributed by atoms with Crippen LogP contribution in [0.3, 0.4) is 0 Å². The molecule has 0 aromatic carbocycles. The number of nitrogens with zero attached hydrogens (tertiary/aromatic N) is 2. The molecule has 6 heteroatoms. The molecule has 110 valence electrons. The Hall–Kier alpha value is -0.800. The van der Waals surface area contributed by atoms with E-state index >= 15 is 0 Å². The smallest absolute Gasteiger partial charge is 0.302 e. The van der Waals surface area contributed by atoms with E-state index in [-0.39, 0.29) is 6.04 Å². The third-order valence-electron chi connectivity index (χ3n) is 3.79. The van der Waals surface area contributed by atoms with E-state index in [4.69, 9.17) is 5.26 Å². The average molecular weight is 277 g/mol. The van der Waals surface area contributed by atoms with Gasteiger partial charge in [-0.25, -0.2) is 0 Å². The lowest BCUT2D eigenvalue weighted by Crippen LogP contribution is -2.42. The topological polar surface area (TPSA) is 39.1 Å². The first kappa shape index (κ1) is 16.3. The fourth-order valence-corrected chi connectivity index (χ4v) is 2.31. The molecule has 0 bridgehead atoms. The zero-order valence-corrected chi connectivity index (χ0v) is 11.6. The summed E-state index contributed by atoms with van der Waals surface area (Å²) < 4.78 is 37.3. The number of rotatable bonds is 8. The van der Waals surface area contributed by atoms with Gasteiger partial charge in [0, 0.05) is 6.04 Å². The summed E-state index contributed by atoms with van der Waals surface area (Å²) in [6.07, 6.45) is -0.573. The van der Waals surface area contributed by atoms with Crippen molar-refractivity contribution >= 4 is 0 Å². The molecule has 1 rings (SSSR count). The summed E-state index contributed by atoms with van der Waals surface area (Å²) in [6.45, 7) is 1.49. The Kier molecular flexibility index (Phi) is 5.63. The lowest BCUT2D eigenvalue weighted by atomic mass is 9.92. The van der Waals surface area contributed by atoms with Crippen LogP contribution >= 0.6 is 0 Å². The van der Waals surface area contributed by atoms with Crippen molar-refractivity contribution in [3.8, 4) is 6.07 Å².